The van der Waals surface area contributed by atoms with E-state index >= 15 is 0 Å². The largest absolute Gasteiger partial charge is 0.299 e. The molecule has 1 atom stereocenters. The van der Waals surface area contributed by atoms with Gasteiger partial charge in [0, 0.05) is 22.4 Å². The second-order valence-corrected chi connectivity index (χ2v) is 5.01. The Kier molecular flexibility index (Phi) is 5.13. The zero-order valence-corrected chi connectivity index (χ0v) is 11.7. The standard InChI is InChI=1S/C11H15Br2N/c1-9(7-12)14(2)8-10-5-3-4-6-11(10)13/h3-6,9H,7-8H2,1-2H3. The Labute approximate surface area is 103 Å². The summed E-state index contributed by atoms with van der Waals surface area (Å²) >= 11 is 7.05. The van der Waals surface area contributed by atoms with Gasteiger partial charge in [0.25, 0.3) is 0 Å². The molecule has 1 nitrogen and oxygen atoms in total. The van der Waals surface area contributed by atoms with Crippen LogP contribution in [0.3, 0.4) is 0 Å². The maximum Gasteiger partial charge on any atom is 0.0245 e. The molecule has 78 valence electrons. The van der Waals surface area contributed by atoms with E-state index < -0.39 is 0 Å². The van der Waals surface area contributed by atoms with E-state index in [2.05, 4.69) is 68.9 Å². The number of nitrogens with zero attached hydrogens (tertiary/aromatic N) is 1. The number of halogens is 2. The molecule has 0 fully saturated rings. The van der Waals surface area contributed by atoms with E-state index in [1.165, 1.54) is 10.0 Å². The molecule has 0 spiro atoms. The van der Waals surface area contributed by atoms with Crippen LogP contribution in [0.25, 0.3) is 0 Å². The first kappa shape index (κ1) is 12.2. The highest BCUT2D eigenvalue weighted by molar-refractivity contribution is 9.10. The van der Waals surface area contributed by atoms with Gasteiger partial charge in [0.1, 0.15) is 0 Å². The maximum atomic E-state index is 3.56. The molecule has 1 rings (SSSR count). The lowest BCUT2D eigenvalue weighted by atomic mass is 10.2. The van der Waals surface area contributed by atoms with Gasteiger partial charge in [-0.3, -0.25) is 4.90 Å². The molecule has 0 aliphatic carbocycles. The minimum atomic E-state index is 0.558. The molecule has 1 unspecified atom stereocenters. The SMILES string of the molecule is CC(CBr)N(C)Cc1ccccc1Br. The van der Waals surface area contributed by atoms with E-state index in [9.17, 15) is 0 Å². The van der Waals surface area contributed by atoms with Gasteiger partial charge in [-0.25, -0.2) is 0 Å². The summed E-state index contributed by atoms with van der Waals surface area (Å²) < 4.78 is 1.19. The molecule has 0 aliphatic rings. The van der Waals surface area contributed by atoms with E-state index in [0.717, 1.165) is 11.9 Å². The van der Waals surface area contributed by atoms with Crippen molar-refractivity contribution in [3.8, 4) is 0 Å². The van der Waals surface area contributed by atoms with Crippen molar-refractivity contribution < 1.29 is 0 Å². The smallest absolute Gasteiger partial charge is 0.0245 e. The van der Waals surface area contributed by atoms with Crippen molar-refractivity contribution in [1.29, 1.82) is 0 Å². The number of benzene rings is 1. The van der Waals surface area contributed by atoms with Gasteiger partial charge in [-0.15, -0.1) is 0 Å². The van der Waals surface area contributed by atoms with Gasteiger partial charge in [-0.1, -0.05) is 50.1 Å². The first-order chi connectivity index (χ1) is 6.65. The summed E-state index contributed by atoms with van der Waals surface area (Å²) in [6.07, 6.45) is 0. The molecule has 0 bridgehead atoms. The normalized spacial score (nSPS) is 13.2. The second-order valence-electron chi connectivity index (χ2n) is 3.51. The Morgan fingerprint density at radius 2 is 2.00 bits per heavy atom. The van der Waals surface area contributed by atoms with E-state index in [1.54, 1.807) is 0 Å². The van der Waals surface area contributed by atoms with Crippen LogP contribution in [0.15, 0.2) is 28.7 Å². The minimum Gasteiger partial charge on any atom is -0.299 e. The molecule has 14 heavy (non-hydrogen) atoms. The van der Waals surface area contributed by atoms with Crippen LogP contribution in [0, 0.1) is 0 Å². The van der Waals surface area contributed by atoms with Gasteiger partial charge in [0.15, 0.2) is 0 Å². The highest BCUT2D eigenvalue weighted by Crippen LogP contribution is 2.18. The van der Waals surface area contributed by atoms with Crippen LogP contribution < -0.4 is 0 Å². The Bertz CT molecular complexity index is 288. The van der Waals surface area contributed by atoms with E-state index in [4.69, 9.17) is 0 Å². The van der Waals surface area contributed by atoms with Crippen LogP contribution in [-0.4, -0.2) is 23.3 Å². The molecule has 0 N–H and O–H groups in total. The summed E-state index contributed by atoms with van der Waals surface area (Å²) in [4.78, 5) is 2.33. The van der Waals surface area contributed by atoms with Crippen LogP contribution >= 0.6 is 31.9 Å². The lowest BCUT2D eigenvalue weighted by Gasteiger charge is -2.23. The average Bonchev–Trinajstić information content (AvgIpc) is 2.20. The van der Waals surface area contributed by atoms with Crippen LogP contribution in [0.2, 0.25) is 0 Å². The van der Waals surface area contributed by atoms with Crippen molar-refractivity contribution in [2.75, 3.05) is 12.4 Å². The highest BCUT2D eigenvalue weighted by atomic mass is 79.9. The minimum absolute atomic E-state index is 0.558. The Hall–Kier alpha value is 0.140. The van der Waals surface area contributed by atoms with Crippen molar-refractivity contribution >= 4 is 31.9 Å². The fourth-order valence-electron chi connectivity index (χ4n) is 1.17. The molecule has 3 heteroatoms. The predicted molar refractivity (Wildman–Crippen MR) is 68.9 cm³/mol. The van der Waals surface area contributed by atoms with Crippen molar-refractivity contribution in [2.45, 2.75) is 19.5 Å². The second kappa shape index (κ2) is 5.89. The molecular formula is C11H15Br2N. The van der Waals surface area contributed by atoms with Crippen molar-refractivity contribution in [2.24, 2.45) is 0 Å². The molecule has 0 heterocycles. The molecule has 0 saturated carbocycles. The fourth-order valence-corrected chi connectivity index (χ4v) is 2.07. The molecule has 0 aromatic heterocycles. The third-order valence-corrected chi connectivity index (χ3v) is 4.06. The monoisotopic (exact) mass is 319 g/mol. The summed E-state index contributed by atoms with van der Waals surface area (Å²) in [7, 11) is 2.14. The Morgan fingerprint density at radius 3 is 2.57 bits per heavy atom. The van der Waals surface area contributed by atoms with E-state index in [1.807, 2.05) is 6.07 Å². The van der Waals surface area contributed by atoms with Crippen LogP contribution in [0.1, 0.15) is 12.5 Å². The predicted octanol–water partition coefficient (Wildman–Crippen LogP) is 3.66. The van der Waals surface area contributed by atoms with Gasteiger partial charge in [0.05, 0.1) is 0 Å². The number of hydrogen-bond donors (Lipinski definition) is 0. The van der Waals surface area contributed by atoms with Gasteiger partial charge in [-0.2, -0.15) is 0 Å². The van der Waals surface area contributed by atoms with E-state index in [0.29, 0.717) is 6.04 Å². The molecular weight excluding hydrogens is 306 g/mol. The maximum absolute atomic E-state index is 3.56. The number of alkyl halides is 1. The zero-order chi connectivity index (χ0) is 10.6. The van der Waals surface area contributed by atoms with Gasteiger partial charge < -0.3 is 0 Å². The van der Waals surface area contributed by atoms with E-state index in [-0.39, 0.29) is 0 Å². The molecule has 1 aromatic carbocycles. The van der Waals surface area contributed by atoms with Crippen LogP contribution in [-0.2, 0) is 6.54 Å². The Morgan fingerprint density at radius 1 is 1.36 bits per heavy atom. The summed E-state index contributed by atoms with van der Waals surface area (Å²) in [6, 6.07) is 8.92. The van der Waals surface area contributed by atoms with Crippen LogP contribution in [0.4, 0.5) is 0 Å². The summed E-state index contributed by atoms with van der Waals surface area (Å²) in [5, 5.41) is 1.01. The first-order valence-corrected chi connectivity index (χ1v) is 6.56. The molecule has 1 aromatic rings. The molecule has 0 radical (unpaired) electrons. The molecule has 0 saturated heterocycles. The summed E-state index contributed by atoms with van der Waals surface area (Å²) in [6.45, 7) is 3.19. The zero-order valence-electron chi connectivity index (χ0n) is 8.50. The molecule has 0 amide bonds. The molecule has 0 aliphatic heterocycles. The number of hydrogen-bond acceptors (Lipinski definition) is 1. The lowest BCUT2D eigenvalue weighted by molar-refractivity contribution is 0.270. The average molecular weight is 321 g/mol. The summed E-state index contributed by atoms with van der Waals surface area (Å²) in [5.41, 5.74) is 1.34. The highest BCUT2D eigenvalue weighted by Gasteiger charge is 2.09. The lowest BCUT2D eigenvalue weighted by Crippen LogP contribution is -2.29. The van der Waals surface area contributed by atoms with Crippen molar-refractivity contribution in [3.05, 3.63) is 34.3 Å². The summed E-state index contributed by atoms with van der Waals surface area (Å²) in [5.74, 6) is 0. The quantitative estimate of drug-likeness (QED) is 0.765. The van der Waals surface area contributed by atoms with Crippen molar-refractivity contribution in [3.63, 3.8) is 0 Å². The third kappa shape index (κ3) is 3.37. The van der Waals surface area contributed by atoms with Gasteiger partial charge in [0.2, 0.25) is 0 Å². The topological polar surface area (TPSA) is 3.24 Å². The first-order valence-electron chi connectivity index (χ1n) is 4.64. The Balaban J connectivity index is 2.64. The van der Waals surface area contributed by atoms with Crippen molar-refractivity contribution in [1.82, 2.24) is 4.90 Å². The fraction of sp³-hybridized carbons (Fsp3) is 0.455. The van der Waals surface area contributed by atoms with Crippen LogP contribution in [0.5, 0.6) is 0 Å². The number of rotatable bonds is 4. The van der Waals surface area contributed by atoms with Gasteiger partial charge >= 0.3 is 0 Å². The third-order valence-electron chi connectivity index (χ3n) is 2.35. The van der Waals surface area contributed by atoms with Gasteiger partial charge in [-0.05, 0) is 25.6 Å².